The standard InChI is InChI=1S/C30H36N2O4/c1-7-26-17-28(29(33-6)22(5)32(26)30-20(3)21(4)31-36-30)35-18-23-14-15-27(24-12-10-9-11-13-24)25(16-23)19-34-8-2/h9-17,22H,7-8,18-19H2,1-6H3. The average Bonchev–Trinajstić information content (AvgIpc) is 3.23. The normalized spacial score (nSPS) is 15.8. The van der Waals surface area contributed by atoms with Crippen LogP contribution in [0.25, 0.3) is 11.1 Å². The Kier molecular flexibility index (Phi) is 8.16. The fraction of sp³-hybridized carbons (Fsp3) is 0.367. The Morgan fingerprint density at radius 2 is 1.81 bits per heavy atom. The predicted octanol–water partition coefficient (Wildman–Crippen LogP) is 7.07. The van der Waals surface area contributed by atoms with Gasteiger partial charge < -0.3 is 23.6 Å². The maximum atomic E-state index is 6.36. The molecular formula is C30H36N2O4. The van der Waals surface area contributed by atoms with Crippen LogP contribution in [0.4, 0.5) is 5.88 Å². The Labute approximate surface area is 214 Å². The smallest absolute Gasteiger partial charge is 0.235 e. The lowest BCUT2D eigenvalue weighted by Crippen LogP contribution is -2.38. The molecule has 6 heteroatoms. The van der Waals surface area contributed by atoms with Gasteiger partial charge in [-0.3, -0.25) is 0 Å². The Morgan fingerprint density at radius 3 is 2.44 bits per heavy atom. The number of methoxy groups -OCH3 is 1. The molecule has 0 fully saturated rings. The highest BCUT2D eigenvalue weighted by Gasteiger charge is 2.33. The van der Waals surface area contributed by atoms with Crippen LogP contribution in [0.3, 0.4) is 0 Å². The van der Waals surface area contributed by atoms with Crippen LogP contribution in [0, 0.1) is 13.8 Å². The van der Waals surface area contributed by atoms with E-state index in [1.807, 2.05) is 26.8 Å². The monoisotopic (exact) mass is 488 g/mol. The van der Waals surface area contributed by atoms with Crippen LogP contribution >= 0.6 is 0 Å². The van der Waals surface area contributed by atoms with Crippen molar-refractivity contribution in [1.29, 1.82) is 0 Å². The van der Waals surface area contributed by atoms with Crippen LogP contribution in [0.15, 0.2) is 76.3 Å². The lowest BCUT2D eigenvalue weighted by molar-refractivity contribution is 0.134. The second-order valence-electron chi connectivity index (χ2n) is 8.95. The summed E-state index contributed by atoms with van der Waals surface area (Å²) in [6, 6.07) is 16.8. The number of rotatable bonds is 10. The van der Waals surface area contributed by atoms with Gasteiger partial charge in [-0.25, -0.2) is 0 Å². The van der Waals surface area contributed by atoms with Gasteiger partial charge in [0.2, 0.25) is 5.88 Å². The van der Waals surface area contributed by atoms with E-state index in [2.05, 4.69) is 72.4 Å². The number of ether oxygens (including phenoxy) is 3. The SMILES string of the molecule is CCOCc1cc(COC2=C(OC)C(C)N(c3onc(C)c3C)C(CC)=C2)ccc1-c1ccccc1. The van der Waals surface area contributed by atoms with E-state index >= 15 is 0 Å². The van der Waals surface area contributed by atoms with Gasteiger partial charge in [0.15, 0.2) is 11.5 Å². The summed E-state index contributed by atoms with van der Waals surface area (Å²) < 4.78 is 23.7. The van der Waals surface area contributed by atoms with Crippen molar-refractivity contribution < 1.29 is 18.7 Å². The minimum atomic E-state index is -0.0926. The van der Waals surface area contributed by atoms with Crippen molar-refractivity contribution in [2.45, 2.75) is 60.3 Å². The molecule has 4 rings (SSSR count). The summed E-state index contributed by atoms with van der Waals surface area (Å²) in [6.45, 7) is 11.9. The van der Waals surface area contributed by atoms with Crippen molar-refractivity contribution >= 4 is 5.88 Å². The van der Waals surface area contributed by atoms with Gasteiger partial charge in [0.05, 0.1) is 25.5 Å². The van der Waals surface area contributed by atoms with Crippen LogP contribution in [-0.2, 0) is 27.4 Å². The lowest BCUT2D eigenvalue weighted by atomic mass is 9.98. The highest BCUT2D eigenvalue weighted by Crippen LogP contribution is 2.37. The first kappa shape index (κ1) is 25.6. The maximum Gasteiger partial charge on any atom is 0.235 e. The molecule has 2 aromatic carbocycles. The van der Waals surface area contributed by atoms with Crippen LogP contribution in [-0.4, -0.2) is 24.9 Å². The minimum Gasteiger partial charge on any atom is -0.495 e. The van der Waals surface area contributed by atoms with Gasteiger partial charge in [-0.2, -0.15) is 0 Å². The Balaban J connectivity index is 1.60. The maximum absolute atomic E-state index is 6.36. The number of allylic oxidation sites excluding steroid dienone is 2. The molecule has 0 N–H and O–H groups in total. The number of nitrogens with zero attached hydrogens (tertiary/aromatic N) is 2. The van der Waals surface area contributed by atoms with Crippen molar-refractivity contribution in [3.8, 4) is 11.1 Å². The fourth-order valence-corrected chi connectivity index (χ4v) is 4.58. The third-order valence-electron chi connectivity index (χ3n) is 6.66. The zero-order valence-corrected chi connectivity index (χ0v) is 22.1. The first-order valence-corrected chi connectivity index (χ1v) is 12.6. The molecule has 0 bridgehead atoms. The molecule has 1 atom stereocenters. The fourth-order valence-electron chi connectivity index (χ4n) is 4.58. The summed E-state index contributed by atoms with van der Waals surface area (Å²) >= 11 is 0. The molecule has 36 heavy (non-hydrogen) atoms. The van der Waals surface area contributed by atoms with Gasteiger partial charge in [-0.05, 0) is 62.4 Å². The molecule has 0 radical (unpaired) electrons. The summed E-state index contributed by atoms with van der Waals surface area (Å²) in [7, 11) is 1.69. The number of aromatic nitrogens is 1. The summed E-state index contributed by atoms with van der Waals surface area (Å²) in [5, 5.41) is 4.16. The summed E-state index contributed by atoms with van der Waals surface area (Å²) in [4.78, 5) is 2.15. The van der Waals surface area contributed by atoms with E-state index in [9.17, 15) is 0 Å². The third-order valence-corrected chi connectivity index (χ3v) is 6.66. The van der Waals surface area contributed by atoms with Crippen molar-refractivity contribution in [1.82, 2.24) is 5.16 Å². The molecule has 1 aliphatic heterocycles. The average molecular weight is 489 g/mol. The summed E-state index contributed by atoms with van der Waals surface area (Å²) in [5.74, 6) is 2.25. The van der Waals surface area contributed by atoms with E-state index in [4.69, 9.17) is 18.7 Å². The number of hydrogen-bond donors (Lipinski definition) is 0. The van der Waals surface area contributed by atoms with Gasteiger partial charge in [0.1, 0.15) is 6.61 Å². The Morgan fingerprint density at radius 1 is 1.03 bits per heavy atom. The second-order valence-corrected chi connectivity index (χ2v) is 8.95. The lowest BCUT2D eigenvalue weighted by Gasteiger charge is -2.35. The quantitative estimate of drug-likeness (QED) is 0.304. The van der Waals surface area contributed by atoms with Gasteiger partial charge in [-0.1, -0.05) is 54.5 Å². The van der Waals surface area contributed by atoms with Crippen molar-refractivity contribution in [3.63, 3.8) is 0 Å². The number of hydrogen-bond acceptors (Lipinski definition) is 6. The van der Waals surface area contributed by atoms with E-state index in [0.717, 1.165) is 51.9 Å². The van der Waals surface area contributed by atoms with Crippen molar-refractivity contribution in [2.75, 3.05) is 18.6 Å². The molecule has 1 aromatic heterocycles. The van der Waals surface area contributed by atoms with Crippen molar-refractivity contribution in [2.24, 2.45) is 0 Å². The highest BCUT2D eigenvalue weighted by molar-refractivity contribution is 5.67. The van der Waals surface area contributed by atoms with E-state index in [1.165, 1.54) is 11.1 Å². The van der Waals surface area contributed by atoms with E-state index in [-0.39, 0.29) is 6.04 Å². The Hall–Kier alpha value is -3.51. The van der Waals surface area contributed by atoms with Gasteiger partial charge in [-0.15, -0.1) is 0 Å². The van der Waals surface area contributed by atoms with E-state index < -0.39 is 0 Å². The van der Waals surface area contributed by atoms with Crippen LogP contribution in [0.1, 0.15) is 49.6 Å². The Bertz CT molecular complexity index is 1240. The van der Waals surface area contributed by atoms with Crippen molar-refractivity contribution in [3.05, 3.63) is 94.2 Å². The number of benzene rings is 2. The molecule has 0 aliphatic carbocycles. The van der Waals surface area contributed by atoms with Crippen LogP contribution in [0.5, 0.6) is 0 Å². The zero-order chi connectivity index (χ0) is 25.7. The molecule has 1 unspecified atom stereocenters. The van der Waals surface area contributed by atoms with Gasteiger partial charge in [0.25, 0.3) is 0 Å². The molecular weight excluding hydrogens is 452 g/mol. The third kappa shape index (κ3) is 5.19. The molecule has 0 saturated carbocycles. The summed E-state index contributed by atoms with van der Waals surface area (Å²) in [6.07, 6.45) is 2.87. The minimum absolute atomic E-state index is 0.0926. The van der Waals surface area contributed by atoms with Gasteiger partial charge >= 0.3 is 0 Å². The van der Waals surface area contributed by atoms with Crippen LogP contribution < -0.4 is 4.90 Å². The topological polar surface area (TPSA) is 57.0 Å². The molecule has 2 heterocycles. The largest absolute Gasteiger partial charge is 0.495 e. The molecule has 1 aliphatic rings. The first-order valence-electron chi connectivity index (χ1n) is 12.6. The van der Waals surface area contributed by atoms with E-state index in [1.54, 1.807) is 7.11 Å². The molecule has 0 amide bonds. The number of anilines is 1. The van der Waals surface area contributed by atoms with Gasteiger partial charge in [0, 0.05) is 23.9 Å². The molecule has 0 spiro atoms. The first-order chi connectivity index (χ1) is 17.5. The molecule has 3 aromatic rings. The van der Waals surface area contributed by atoms with Crippen LogP contribution in [0.2, 0.25) is 0 Å². The predicted molar refractivity (Wildman–Crippen MR) is 142 cm³/mol. The second kappa shape index (κ2) is 11.5. The molecule has 6 nitrogen and oxygen atoms in total. The molecule has 190 valence electrons. The zero-order valence-electron chi connectivity index (χ0n) is 22.1. The highest BCUT2D eigenvalue weighted by atomic mass is 16.5. The van der Waals surface area contributed by atoms with E-state index in [0.29, 0.717) is 19.8 Å². The summed E-state index contributed by atoms with van der Waals surface area (Å²) in [5.41, 5.74) is 7.59. The molecule has 0 saturated heterocycles. The number of aryl methyl sites for hydroxylation is 1.